The van der Waals surface area contributed by atoms with Crippen LogP contribution in [-0.4, -0.2) is 13.1 Å². The maximum absolute atomic E-state index is 13.9. The molecule has 1 aromatic carbocycles. The normalized spacial score (nSPS) is 22.9. The monoisotopic (exact) mass is 264 g/mol. The molecule has 19 heavy (non-hydrogen) atoms. The minimum atomic E-state index is -0.655. The molecular weight excluding hydrogens is 246 g/mol. The first-order valence-electron chi connectivity index (χ1n) is 6.65. The number of benzene rings is 1. The topological polar surface area (TPSA) is 27.0 Å². The molecule has 0 atom stereocenters. The first kappa shape index (κ1) is 13.8. The summed E-state index contributed by atoms with van der Waals surface area (Å²) in [5.74, 6) is -0.615. The fourth-order valence-corrected chi connectivity index (χ4v) is 2.78. The van der Waals surface area contributed by atoms with Gasteiger partial charge in [-0.1, -0.05) is 6.92 Å². The molecule has 0 amide bonds. The largest absolute Gasteiger partial charge is 0.367 e. The van der Waals surface area contributed by atoms with Crippen LogP contribution in [0.5, 0.6) is 0 Å². The molecule has 1 aliphatic carbocycles. The van der Waals surface area contributed by atoms with Crippen molar-refractivity contribution in [2.75, 3.05) is 11.9 Å². The van der Waals surface area contributed by atoms with Crippen molar-refractivity contribution in [3.8, 4) is 6.07 Å². The van der Waals surface area contributed by atoms with Gasteiger partial charge in [-0.2, -0.15) is 5.26 Å². The molecule has 0 aromatic heterocycles. The van der Waals surface area contributed by atoms with Crippen LogP contribution in [0.2, 0.25) is 0 Å². The van der Waals surface area contributed by atoms with Crippen LogP contribution in [0.1, 0.15) is 38.2 Å². The molecule has 1 aliphatic rings. The fraction of sp³-hybridized carbons (Fsp3) is 0.533. The van der Waals surface area contributed by atoms with Crippen LogP contribution >= 0.6 is 0 Å². The molecule has 0 saturated heterocycles. The molecule has 0 aliphatic heterocycles. The average molecular weight is 264 g/mol. The summed E-state index contributed by atoms with van der Waals surface area (Å²) >= 11 is 0. The molecule has 2 rings (SSSR count). The summed E-state index contributed by atoms with van der Waals surface area (Å²) in [7, 11) is 1.73. The summed E-state index contributed by atoms with van der Waals surface area (Å²) in [5, 5.41) is 8.70. The van der Waals surface area contributed by atoms with Crippen LogP contribution in [0.15, 0.2) is 12.1 Å². The molecule has 102 valence electrons. The number of hydrogen-bond donors (Lipinski definition) is 0. The van der Waals surface area contributed by atoms with Gasteiger partial charge < -0.3 is 4.90 Å². The number of anilines is 1. The van der Waals surface area contributed by atoms with Crippen LogP contribution in [0.3, 0.4) is 0 Å². The highest BCUT2D eigenvalue weighted by Crippen LogP contribution is 2.32. The van der Waals surface area contributed by atoms with Crippen LogP contribution < -0.4 is 4.90 Å². The SMILES string of the molecule is CC1CCC(N(C)c2c(F)cc(C#N)cc2F)CC1. The van der Waals surface area contributed by atoms with Gasteiger partial charge in [0.1, 0.15) is 5.69 Å². The smallest absolute Gasteiger partial charge is 0.150 e. The van der Waals surface area contributed by atoms with Crippen LogP contribution in [-0.2, 0) is 0 Å². The van der Waals surface area contributed by atoms with E-state index >= 15 is 0 Å². The Morgan fingerprint density at radius 3 is 2.16 bits per heavy atom. The van der Waals surface area contributed by atoms with E-state index in [0.29, 0.717) is 5.92 Å². The summed E-state index contributed by atoms with van der Waals surface area (Å²) in [6.45, 7) is 2.21. The predicted molar refractivity (Wildman–Crippen MR) is 70.9 cm³/mol. The zero-order chi connectivity index (χ0) is 14.0. The number of nitriles is 1. The van der Waals surface area contributed by atoms with Gasteiger partial charge in [-0.3, -0.25) is 0 Å². The van der Waals surface area contributed by atoms with Gasteiger partial charge in [-0.05, 0) is 43.7 Å². The van der Waals surface area contributed by atoms with Gasteiger partial charge in [-0.25, -0.2) is 8.78 Å². The maximum atomic E-state index is 13.9. The van der Waals surface area contributed by atoms with Crippen LogP contribution in [0.25, 0.3) is 0 Å². The molecule has 0 heterocycles. The van der Waals surface area contributed by atoms with Crippen molar-refractivity contribution in [2.24, 2.45) is 5.92 Å². The van der Waals surface area contributed by atoms with Gasteiger partial charge in [0.15, 0.2) is 11.6 Å². The fourth-order valence-electron chi connectivity index (χ4n) is 2.78. The molecule has 1 fully saturated rings. The van der Waals surface area contributed by atoms with E-state index in [9.17, 15) is 8.78 Å². The second kappa shape index (κ2) is 5.56. The van der Waals surface area contributed by atoms with Crippen LogP contribution in [0.4, 0.5) is 14.5 Å². The van der Waals surface area contributed by atoms with Gasteiger partial charge in [-0.15, -0.1) is 0 Å². The van der Waals surface area contributed by atoms with Gasteiger partial charge in [0.25, 0.3) is 0 Å². The standard InChI is InChI=1S/C15H18F2N2/c1-10-3-5-12(6-4-10)19(2)15-13(16)7-11(9-18)8-14(15)17/h7-8,10,12H,3-6H2,1-2H3. The third kappa shape index (κ3) is 2.86. The van der Waals surface area contributed by atoms with Crippen molar-refractivity contribution >= 4 is 5.69 Å². The molecule has 0 N–H and O–H groups in total. The number of hydrogen-bond acceptors (Lipinski definition) is 2. The highest BCUT2D eigenvalue weighted by Gasteiger charge is 2.25. The Balaban J connectivity index is 2.24. The third-order valence-corrected chi connectivity index (χ3v) is 4.03. The molecule has 1 aromatic rings. The van der Waals surface area contributed by atoms with Gasteiger partial charge in [0.05, 0.1) is 11.6 Å². The minimum Gasteiger partial charge on any atom is -0.367 e. The highest BCUT2D eigenvalue weighted by atomic mass is 19.1. The van der Waals surface area contributed by atoms with E-state index in [0.717, 1.165) is 37.8 Å². The van der Waals surface area contributed by atoms with Gasteiger partial charge in [0, 0.05) is 13.1 Å². The number of nitrogens with zero attached hydrogens (tertiary/aromatic N) is 2. The van der Waals surface area contributed by atoms with Crippen molar-refractivity contribution in [3.63, 3.8) is 0 Å². The molecular formula is C15H18F2N2. The zero-order valence-corrected chi connectivity index (χ0v) is 11.3. The van der Waals surface area contributed by atoms with E-state index in [4.69, 9.17) is 5.26 Å². The average Bonchev–Trinajstić information content (AvgIpc) is 2.38. The van der Waals surface area contributed by atoms with Crippen molar-refractivity contribution in [1.29, 1.82) is 5.26 Å². The first-order valence-corrected chi connectivity index (χ1v) is 6.65. The molecule has 0 unspecified atom stereocenters. The van der Waals surface area contributed by atoms with E-state index in [2.05, 4.69) is 6.92 Å². The Bertz CT molecular complexity index is 476. The lowest BCUT2D eigenvalue weighted by molar-refractivity contribution is 0.338. The summed E-state index contributed by atoms with van der Waals surface area (Å²) in [6, 6.07) is 4.13. The Kier molecular flexibility index (Phi) is 4.04. The first-order chi connectivity index (χ1) is 9.02. The molecule has 0 radical (unpaired) electrons. The summed E-state index contributed by atoms with van der Waals surface area (Å²) in [4.78, 5) is 1.69. The van der Waals surface area contributed by atoms with E-state index < -0.39 is 11.6 Å². The van der Waals surface area contributed by atoms with Crippen LogP contribution in [0, 0.1) is 28.9 Å². The number of halogens is 2. The van der Waals surface area contributed by atoms with Gasteiger partial charge in [0.2, 0.25) is 0 Å². The minimum absolute atomic E-state index is 0.0152. The highest BCUT2D eigenvalue weighted by molar-refractivity contribution is 5.52. The lowest BCUT2D eigenvalue weighted by Gasteiger charge is -2.35. The van der Waals surface area contributed by atoms with Gasteiger partial charge >= 0.3 is 0 Å². The second-order valence-corrected chi connectivity index (χ2v) is 5.42. The molecule has 2 nitrogen and oxygen atoms in total. The summed E-state index contributed by atoms with van der Waals surface area (Å²) in [5.41, 5.74) is 0.00275. The summed E-state index contributed by atoms with van der Waals surface area (Å²) in [6.07, 6.45) is 4.09. The second-order valence-electron chi connectivity index (χ2n) is 5.42. The van der Waals surface area contributed by atoms with Crippen molar-refractivity contribution < 1.29 is 8.78 Å². The van der Waals surface area contributed by atoms with Crippen molar-refractivity contribution in [3.05, 3.63) is 29.3 Å². The van der Waals surface area contributed by atoms with E-state index in [1.165, 1.54) is 0 Å². The summed E-state index contributed by atoms with van der Waals surface area (Å²) < 4.78 is 27.9. The lowest BCUT2D eigenvalue weighted by Crippen LogP contribution is -2.36. The molecule has 0 spiro atoms. The lowest BCUT2D eigenvalue weighted by atomic mass is 9.86. The quantitative estimate of drug-likeness (QED) is 0.811. The Morgan fingerprint density at radius 2 is 1.68 bits per heavy atom. The Hall–Kier alpha value is -1.63. The number of rotatable bonds is 2. The third-order valence-electron chi connectivity index (χ3n) is 4.03. The predicted octanol–water partition coefficient (Wildman–Crippen LogP) is 3.85. The Labute approximate surface area is 112 Å². The van der Waals surface area contributed by atoms with E-state index in [1.807, 2.05) is 0 Å². The van der Waals surface area contributed by atoms with Crippen molar-refractivity contribution in [1.82, 2.24) is 0 Å². The maximum Gasteiger partial charge on any atom is 0.150 e. The molecule has 4 heteroatoms. The van der Waals surface area contributed by atoms with Crippen molar-refractivity contribution in [2.45, 2.75) is 38.6 Å². The van der Waals surface area contributed by atoms with E-state index in [1.54, 1.807) is 18.0 Å². The Morgan fingerprint density at radius 1 is 1.16 bits per heavy atom. The van der Waals surface area contributed by atoms with E-state index in [-0.39, 0.29) is 17.3 Å². The molecule has 1 saturated carbocycles. The zero-order valence-electron chi connectivity index (χ0n) is 11.3. The molecule has 0 bridgehead atoms.